The van der Waals surface area contributed by atoms with Gasteiger partial charge in [-0.15, -0.1) is 0 Å². The van der Waals surface area contributed by atoms with E-state index in [4.69, 9.17) is 0 Å². The van der Waals surface area contributed by atoms with Gasteiger partial charge < -0.3 is 10.4 Å². The second-order valence-electron chi connectivity index (χ2n) is 4.39. The van der Waals surface area contributed by atoms with E-state index >= 15 is 0 Å². The molecule has 0 unspecified atom stereocenters. The predicted molar refractivity (Wildman–Crippen MR) is 55.7 cm³/mol. The smallest absolute Gasteiger partial charge is 0.0831 e. The molecule has 76 valence electrons. The average molecular weight is 183 g/mol. The van der Waals surface area contributed by atoms with Gasteiger partial charge in [0.05, 0.1) is 5.60 Å². The van der Waals surface area contributed by atoms with Crippen LogP contribution in [0.25, 0.3) is 0 Å². The van der Waals surface area contributed by atoms with E-state index in [2.05, 4.69) is 5.32 Å². The fourth-order valence-electron chi connectivity index (χ4n) is 2.09. The van der Waals surface area contributed by atoms with E-state index in [1.54, 1.807) is 0 Å². The molecular formula is C11H21NO. The molecule has 0 aliphatic heterocycles. The van der Waals surface area contributed by atoms with E-state index in [1.165, 1.54) is 5.57 Å². The first-order valence-electron chi connectivity index (χ1n) is 5.11. The van der Waals surface area contributed by atoms with Gasteiger partial charge in [0.25, 0.3) is 0 Å². The highest BCUT2D eigenvalue weighted by molar-refractivity contribution is 5.08. The molecule has 0 aromatic heterocycles. The molecular weight excluding hydrogens is 162 g/mol. The molecule has 1 fully saturated rings. The molecule has 1 saturated carbocycles. The van der Waals surface area contributed by atoms with Crippen LogP contribution < -0.4 is 5.32 Å². The Hall–Kier alpha value is -0.340. The fraction of sp³-hybridized carbons (Fsp3) is 0.818. The molecule has 0 amide bonds. The summed E-state index contributed by atoms with van der Waals surface area (Å²) < 4.78 is 0. The van der Waals surface area contributed by atoms with Crippen molar-refractivity contribution in [3.05, 3.63) is 11.6 Å². The van der Waals surface area contributed by atoms with Crippen molar-refractivity contribution in [3.8, 4) is 0 Å². The summed E-state index contributed by atoms with van der Waals surface area (Å²) in [5, 5.41) is 13.4. The van der Waals surface area contributed by atoms with Crippen molar-refractivity contribution in [2.24, 2.45) is 0 Å². The van der Waals surface area contributed by atoms with Crippen LogP contribution in [0.2, 0.25) is 0 Å². The Morgan fingerprint density at radius 1 is 1.38 bits per heavy atom. The fourth-order valence-corrected chi connectivity index (χ4v) is 2.09. The highest BCUT2D eigenvalue weighted by atomic mass is 16.3. The maximum Gasteiger partial charge on any atom is 0.0831 e. The van der Waals surface area contributed by atoms with Crippen molar-refractivity contribution in [3.63, 3.8) is 0 Å². The maximum atomic E-state index is 10.2. The van der Waals surface area contributed by atoms with Gasteiger partial charge in [-0.25, -0.2) is 0 Å². The lowest BCUT2D eigenvalue weighted by atomic mass is 9.81. The van der Waals surface area contributed by atoms with Crippen molar-refractivity contribution < 1.29 is 5.11 Å². The van der Waals surface area contributed by atoms with Crippen molar-refractivity contribution >= 4 is 0 Å². The molecule has 0 spiro atoms. The Kier molecular flexibility index (Phi) is 3.51. The van der Waals surface area contributed by atoms with Crippen LogP contribution in [0.5, 0.6) is 0 Å². The van der Waals surface area contributed by atoms with Gasteiger partial charge in [0.2, 0.25) is 0 Å². The van der Waals surface area contributed by atoms with Crippen LogP contribution in [0.1, 0.15) is 39.5 Å². The van der Waals surface area contributed by atoms with Crippen molar-refractivity contribution in [2.75, 3.05) is 7.05 Å². The van der Waals surface area contributed by atoms with Crippen LogP contribution in [0.4, 0.5) is 0 Å². The molecule has 0 saturated heterocycles. The van der Waals surface area contributed by atoms with Crippen molar-refractivity contribution in [2.45, 2.75) is 51.2 Å². The standard InChI is InChI=1S/C11H21NO/c1-9(2)8-11(13)6-4-10(12-3)5-7-11/h8,10,12-13H,4-7H2,1-3H3. The van der Waals surface area contributed by atoms with Crippen LogP contribution in [-0.4, -0.2) is 23.8 Å². The largest absolute Gasteiger partial charge is 0.386 e. The lowest BCUT2D eigenvalue weighted by Crippen LogP contribution is -2.38. The topological polar surface area (TPSA) is 32.3 Å². The molecule has 13 heavy (non-hydrogen) atoms. The average Bonchev–Trinajstić information content (AvgIpc) is 2.04. The Morgan fingerprint density at radius 3 is 2.31 bits per heavy atom. The van der Waals surface area contributed by atoms with Gasteiger partial charge in [0.15, 0.2) is 0 Å². The van der Waals surface area contributed by atoms with Gasteiger partial charge in [-0.2, -0.15) is 0 Å². The minimum Gasteiger partial charge on any atom is -0.386 e. The molecule has 0 bridgehead atoms. The van der Waals surface area contributed by atoms with E-state index < -0.39 is 5.60 Å². The van der Waals surface area contributed by atoms with E-state index in [0.29, 0.717) is 6.04 Å². The minimum absolute atomic E-state index is 0.522. The van der Waals surface area contributed by atoms with Gasteiger partial charge in [-0.1, -0.05) is 11.6 Å². The van der Waals surface area contributed by atoms with Gasteiger partial charge in [0, 0.05) is 6.04 Å². The van der Waals surface area contributed by atoms with Crippen molar-refractivity contribution in [1.29, 1.82) is 0 Å². The van der Waals surface area contributed by atoms with Gasteiger partial charge in [0.1, 0.15) is 0 Å². The summed E-state index contributed by atoms with van der Waals surface area (Å²) in [5.74, 6) is 0. The zero-order valence-corrected chi connectivity index (χ0v) is 8.93. The SMILES string of the molecule is CNC1CCC(O)(C=C(C)C)CC1. The third kappa shape index (κ3) is 3.12. The number of allylic oxidation sites excluding steroid dienone is 1. The zero-order chi connectivity index (χ0) is 9.90. The Bertz CT molecular complexity index is 186. The molecule has 0 atom stereocenters. The summed E-state index contributed by atoms with van der Waals surface area (Å²) >= 11 is 0. The van der Waals surface area contributed by atoms with Gasteiger partial charge in [-0.05, 0) is 46.6 Å². The number of hydrogen-bond acceptors (Lipinski definition) is 2. The molecule has 1 aliphatic carbocycles. The molecule has 0 radical (unpaired) electrons. The third-order valence-electron chi connectivity index (χ3n) is 2.82. The summed E-state index contributed by atoms with van der Waals surface area (Å²) in [5.41, 5.74) is 0.692. The second-order valence-corrected chi connectivity index (χ2v) is 4.39. The lowest BCUT2D eigenvalue weighted by molar-refractivity contribution is 0.0420. The molecule has 2 N–H and O–H groups in total. The monoisotopic (exact) mass is 183 g/mol. The van der Waals surface area contributed by atoms with Gasteiger partial charge >= 0.3 is 0 Å². The van der Waals surface area contributed by atoms with Crippen molar-refractivity contribution in [1.82, 2.24) is 5.32 Å². The normalized spacial score (nSPS) is 34.3. The number of hydrogen-bond donors (Lipinski definition) is 2. The summed E-state index contributed by atoms with van der Waals surface area (Å²) in [6.07, 6.45) is 5.96. The molecule has 0 aromatic rings. The number of nitrogens with one attached hydrogen (secondary N) is 1. The van der Waals surface area contributed by atoms with Crippen LogP contribution in [0.3, 0.4) is 0 Å². The van der Waals surface area contributed by atoms with Crippen LogP contribution >= 0.6 is 0 Å². The zero-order valence-electron chi connectivity index (χ0n) is 8.93. The van der Waals surface area contributed by atoms with Crippen LogP contribution in [-0.2, 0) is 0 Å². The van der Waals surface area contributed by atoms with Crippen LogP contribution in [0.15, 0.2) is 11.6 Å². The quantitative estimate of drug-likeness (QED) is 0.640. The minimum atomic E-state index is -0.522. The molecule has 0 heterocycles. The van der Waals surface area contributed by atoms with E-state index in [-0.39, 0.29) is 0 Å². The van der Waals surface area contributed by atoms with Gasteiger partial charge in [-0.3, -0.25) is 0 Å². The maximum absolute atomic E-state index is 10.2. The number of rotatable bonds is 2. The van der Waals surface area contributed by atoms with E-state index in [9.17, 15) is 5.11 Å². The highest BCUT2D eigenvalue weighted by Gasteiger charge is 2.30. The first kappa shape index (κ1) is 10.7. The third-order valence-corrected chi connectivity index (χ3v) is 2.82. The summed E-state index contributed by atoms with van der Waals surface area (Å²) in [4.78, 5) is 0. The molecule has 0 aromatic carbocycles. The summed E-state index contributed by atoms with van der Waals surface area (Å²) in [6.45, 7) is 4.09. The van der Waals surface area contributed by atoms with Crippen LogP contribution in [0, 0.1) is 0 Å². The highest BCUT2D eigenvalue weighted by Crippen LogP contribution is 2.30. The lowest BCUT2D eigenvalue weighted by Gasteiger charge is -2.34. The summed E-state index contributed by atoms with van der Waals surface area (Å²) in [7, 11) is 2.00. The number of aliphatic hydroxyl groups is 1. The molecule has 1 aliphatic rings. The summed E-state index contributed by atoms with van der Waals surface area (Å²) in [6, 6.07) is 0.603. The molecule has 2 heteroatoms. The molecule has 2 nitrogen and oxygen atoms in total. The second kappa shape index (κ2) is 4.25. The van der Waals surface area contributed by atoms with E-state index in [1.807, 2.05) is 27.0 Å². The first-order valence-corrected chi connectivity index (χ1v) is 5.11. The Morgan fingerprint density at radius 2 is 1.92 bits per heavy atom. The predicted octanol–water partition coefficient (Wildman–Crippen LogP) is 1.85. The van der Waals surface area contributed by atoms with E-state index in [0.717, 1.165) is 25.7 Å². The Labute approximate surface area is 81.0 Å². The Balaban J connectivity index is 2.51. The molecule has 1 rings (SSSR count). The first-order chi connectivity index (χ1) is 6.06.